The van der Waals surface area contributed by atoms with E-state index < -0.39 is 0 Å². The molecule has 21 heavy (non-hydrogen) atoms. The van der Waals surface area contributed by atoms with Gasteiger partial charge in [-0.3, -0.25) is 4.79 Å². The number of likely N-dealkylation sites (N-methyl/N-ethyl adjacent to an activating group) is 1. The van der Waals surface area contributed by atoms with E-state index in [1.54, 1.807) is 11.0 Å². The molecule has 1 aromatic heterocycles. The van der Waals surface area contributed by atoms with E-state index in [1.807, 2.05) is 18.0 Å². The largest absolute Gasteiger partial charge is 0.384 e. The Morgan fingerprint density at radius 2 is 2.38 bits per heavy atom. The lowest BCUT2D eigenvalue weighted by Gasteiger charge is -2.42. The molecule has 0 bridgehead atoms. The third-order valence-electron chi connectivity index (χ3n) is 4.03. The van der Waals surface area contributed by atoms with Gasteiger partial charge in [0.2, 0.25) is 5.91 Å². The smallest absolute Gasteiger partial charge is 0.236 e. The number of carbonyl (C=O) groups excluding carboxylic acids is 1. The van der Waals surface area contributed by atoms with E-state index in [0.29, 0.717) is 24.8 Å². The number of piperidine rings is 1. The second-order valence-corrected chi connectivity index (χ2v) is 5.42. The van der Waals surface area contributed by atoms with Crippen molar-refractivity contribution >= 4 is 17.5 Å². The third-order valence-corrected chi connectivity index (χ3v) is 4.03. The van der Waals surface area contributed by atoms with Crippen LogP contribution in [-0.2, 0) is 4.79 Å². The van der Waals surface area contributed by atoms with E-state index >= 15 is 0 Å². The van der Waals surface area contributed by atoms with Crippen LogP contribution in [0, 0.1) is 17.2 Å². The van der Waals surface area contributed by atoms with Crippen molar-refractivity contribution in [3.63, 3.8) is 0 Å². The fourth-order valence-corrected chi connectivity index (χ4v) is 2.68. The van der Waals surface area contributed by atoms with Crippen LogP contribution < -0.4 is 10.6 Å². The molecule has 1 aliphatic heterocycles. The Bertz CT molecular complexity index is 555. The number of nitriles is 1. The van der Waals surface area contributed by atoms with Crippen LogP contribution in [0.15, 0.2) is 12.4 Å². The molecule has 7 nitrogen and oxygen atoms in total. The van der Waals surface area contributed by atoms with Gasteiger partial charge in [-0.25, -0.2) is 9.97 Å². The van der Waals surface area contributed by atoms with Gasteiger partial charge in [0.25, 0.3) is 0 Å². The van der Waals surface area contributed by atoms with E-state index in [1.165, 1.54) is 6.33 Å². The summed E-state index contributed by atoms with van der Waals surface area (Å²) in [5.74, 6) is 1.49. The van der Waals surface area contributed by atoms with E-state index in [2.05, 4.69) is 16.9 Å². The van der Waals surface area contributed by atoms with Crippen molar-refractivity contribution in [3.05, 3.63) is 12.4 Å². The summed E-state index contributed by atoms with van der Waals surface area (Å²) in [5.41, 5.74) is 5.70. The first-order valence-electron chi connectivity index (χ1n) is 6.98. The number of aromatic nitrogens is 2. The molecule has 0 spiro atoms. The highest BCUT2D eigenvalue weighted by atomic mass is 16.2. The maximum absolute atomic E-state index is 11.9. The highest BCUT2D eigenvalue weighted by molar-refractivity contribution is 5.78. The minimum Gasteiger partial charge on any atom is -0.384 e. The highest BCUT2D eigenvalue weighted by Gasteiger charge is 2.31. The number of likely N-dealkylation sites (tertiary alicyclic amines) is 1. The Balaban J connectivity index is 2.13. The molecule has 0 unspecified atom stereocenters. The zero-order valence-electron chi connectivity index (χ0n) is 12.4. The van der Waals surface area contributed by atoms with Crippen molar-refractivity contribution in [3.8, 4) is 6.07 Å². The molecular formula is C14H20N6O. The number of amides is 1. The Morgan fingerprint density at radius 1 is 1.62 bits per heavy atom. The summed E-state index contributed by atoms with van der Waals surface area (Å²) in [6.45, 7) is 3.47. The summed E-state index contributed by atoms with van der Waals surface area (Å²) in [7, 11) is 1.95. The first-order chi connectivity index (χ1) is 10.0. The average molecular weight is 288 g/mol. The molecule has 0 aromatic carbocycles. The molecule has 2 heterocycles. The molecule has 1 aliphatic rings. The van der Waals surface area contributed by atoms with Crippen molar-refractivity contribution < 1.29 is 4.79 Å². The summed E-state index contributed by atoms with van der Waals surface area (Å²) >= 11 is 0. The molecule has 2 rings (SSSR count). The Labute approximate surface area is 124 Å². The number of nitrogen functional groups attached to an aromatic ring is 1. The molecule has 0 saturated carbocycles. The molecule has 1 aromatic rings. The second kappa shape index (κ2) is 6.39. The summed E-state index contributed by atoms with van der Waals surface area (Å²) < 4.78 is 0. The molecule has 1 amide bonds. The number of rotatable bonds is 3. The summed E-state index contributed by atoms with van der Waals surface area (Å²) in [5, 5.41) is 8.66. The topological polar surface area (TPSA) is 99.1 Å². The van der Waals surface area contributed by atoms with E-state index in [0.717, 1.165) is 12.2 Å². The highest BCUT2D eigenvalue weighted by Crippen LogP contribution is 2.25. The fraction of sp³-hybridized carbons (Fsp3) is 0.571. The SMILES string of the molecule is C[C@H]1CCN(C(=O)CC#N)C[C@@H]1N(C)c1cc(N)ncn1. The molecular weight excluding hydrogens is 268 g/mol. The van der Waals surface area contributed by atoms with Crippen molar-refractivity contribution in [2.45, 2.75) is 25.8 Å². The molecule has 1 saturated heterocycles. The minimum atomic E-state index is -0.106. The Hall–Kier alpha value is -2.36. The van der Waals surface area contributed by atoms with Gasteiger partial charge >= 0.3 is 0 Å². The number of hydrogen-bond donors (Lipinski definition) is 1. The molecule has 0 aliphatic carbocycles. The Kier molecular flexibility index (Phi) is 4.58. The summed E-state index contributed by atoms with van der Waals surface area (Å²) in [6, 6.07) is 3.79. The normalized spacial score (nSPS) is 21.7. The molecule has 0 radical (unpaired) electrons. The summed E-state index contributed by atoms with van der Waals surface area (Å²) in [4.78, 5) is 23.8. The van der Waals surface area contributed by atoms with Gasteiger partial charge in [0.05, 0.1) is 12.1 Å². The zero-order chi connectivity index (χ0) is 15.4. The Morgan fingerprint density at radius 3 is 3.05 bits per heavy atom. The van der Waals surface area contributed by atoms with Crippen LogP contribution in [-0.4, -0.2) is 47.0 Å². The van der Waals surface area contributed by atoms with E-state index in [4.69, 9.17) is 11.0 Å². The van der Waals surface area contributed by atoms with Gasteiger partial charge in [-0.2, -0.15) is 5.26 Å². The predicted octanol–water partition coefficient (Wildman–Crippen LogP) is 0.646. The molecule has 7 heteroatoms. The number of carbonyl (C=O) groups is 1. The van der Waals surface area contributed by atoms with Crippen molar-refractivity contribution in [1.82, 2.24) is 14.9 Å². The third kappa shape index (κ3) is 3.40. The molecule has 1 fully saturated rings. The number of anilines is 2. The van der Waals surface area contributed by atoms with Crippen LogP contribution >= 0.6 is 0 Å². The quantitative estimate of drug-likeness (QED) is 0.876. The van der Waals surface area contributed by atoms with Crippen molar-refractivity contribution in [1.29, 1.82) is 5.26 Å². The van der Waals surface area contributed by atoms with Gasteiger partial charge in [-0.1, -0.05) is 6.92 Å². The molecule has 112 valence electrons. The van der Waals surface area contributed by atoms with Gasteiger partial charge in [-0.05, 0) is 12.3 Å². The minimum absolute atomic E-state index is 0.0642. The van der Waals surface area contributed by atoms with Crippen LogP contribution in [0.2, 0.25) is 0 Å². The summed E-state index contributed by atoms with van der Waals surface area (Å²) in [6.07, 6.45) is 2.28. The van der Waals surface area contributed by atoms with Crippen LogP contribution in [0.1, 0.15) is 19.8 Å². The maximum atomic E-state index is 11.9. The standard InChI is InChI=1S/C14H20N6O/c1-10-4-6-20(14(21)3-5-15)8-11(10)19(2)13-7-12(16)17-9-18-13/h7,9-11H,3-4,6,8H2,1-2H3,(H2,16,17,18)/t10-,11-/m0/s1. The maximum Gasteiger partial charge on any atom is 0.236 e. The average Bonchev–Trinajstić information content (AvgIpc) is 2.47. The van der Waals surface area contributed by atoms with Crippen LogP contribution in [0.4, 0.5) is 11.6 Å². The van der Waals surface area contributed by atoms with Crippen LogP contribution in [0.25, 0.3) is 0 Å². The van der Waals surface area contributed by atoms with Crippen molar-refractivity contribution in [2.24, 2.45) is 5.92 Å². The van der Waals surface area contributed by atoms with Gasteiger partial charge < -0.3 is 15.5 Å². The van der Waals surface area contributed by atoms with Gasteiger partial charge in [0.15, 0.2) is 0 Å². The second-order valence-electron chi connectivity index (χ2n) is 5.42. The lowest BCUT2D eigenvalue weighted by molar-refractivity contribution is -0.131. The lowest BCUT2D eigenvalue weighted by Crippen LogP contribution is -2.52. The number of nitrogens with zero attached hydrogens (tertiary/aromatic N) is 5. The predicted molar refractivity (Wildman–Crippen MR) is 79.2 cm³/mol. The lowest BCUT2D eigenvalue weighted by atomic mass is 9.92. The number of nitrogens with two attached hydrogens (primary N) is 1. The van der Waals surface area contributed by atoms with Gasteiger partial charge in [0, 0.05) is 26.2 Å². The number of hydrogen-bond acceptors (Lipinski definition) is 6. The van der Waals surface area contributed by atoms with Gasteiger partial charge in [-0.15, -0.1) is 0 Å². The molecule has 2 atom stereocenters. The van der Waals surface area contributed by atoms with Crippen LogP contribution in [0.5, 0.6) is 0 Å². The molecule has 2 N–H and O–H groups in total. The monoisotopic (exact) mass is 288 g/mol. The zero-order valence-corrected chi connectivity index (χ0v) is 12.4. The first kappa shape index (κ1) is 15.0. The van der Waals surface area contributed by atoms with E-state index in [-0.39, 0.29) is 18.4 Å². The van der Waals surface area contributed by atoms with E-state index in [9.17, 15) is 4.79 Å². The van der Waals surface area contributed by atoms with Crippen molar-refractivity contribution in [2.75, 3.05) is 30.8 Å². The van der Waals surface area contributed by atoms with Crippen LogP contribution in [0.3, 0.4) is 0 Å². The first-order valence-corrected chi connectivity index (χ1v) is 6.98. The van der Waals surface area contributed by atoms with Gasteiger partial charge in [0.1, 0.15) is 24.4 Å². The fourth-order valence-electron chi connectivity index (χ4n) is 2.68.